The first-order valence-corrected chi connectivity index (χ1v) is 6.81. The van der Waals surface area contributed by atoms with E-state index in [9.17, 15) is 16.8 Å². The van der Waals surface area contributed by atoms with Gasteiger partial charge in [-0.1, -0.05) is 6.08 Å². The van der Waals surface area contributed by atoms with Gasteiger partial charge >= 0.3 is 0 Å². The van der Waals surface area contributed by atoms with Crippen LogP contribution in [0.3, 0.4) is 0 Å². The van der Waals surface area contributed by atoms with E-state index in [1.54, 1.807) is 6.08 Å². The normalized spacial score (nSPS) is 11.4. The third-order valence-electron chi connectivity index (χ3n) is 0.805. The largest absolute Gasteiger partial charge is 0.286 e. The number of hydrogen-bond acceptors (Lipinski definition) is 4. The van der Waals surface area contributed by atoms with E-state index >= 15 is 0 Å². The molecule has 0 spiro atoms. The Hall–Kier alpha value is -0.440. The topological polar surface area (TPSA) is 109 Å². The summed E-state index contributed by atoms with van der Waals surface area (Å²) >= 11 is 0. The van der Waals surface area contributed by atoms with E-state index in [4.69, 9.17) is 9.11 Å². The third-order valence-corrected chi connectivity index (χ3v) is 2.41. The van der Waals surface area contributed by atoms with Gasteiger partial charge in [-0.3, -0.25) is 9.11 Å². The molecule has 0 aromatic heterocycles. The fourth-order valence-electron chi connectivity index (χ4n) is 0.424. The highest BCUT2D eigenvalue weighted by molar-refractivity contribution is 7.86. The second kappa shape index (κ2) is 6.93. The van der Waals surface area contributed by atoms with Crippen molar-refractivity contribution in [3.63, 3.8) is 0 Å². The lowest BCUT2D eigenvalue weighted by Gasteiger charge is -1.94. The van der Waals surface area contributed by atoms with Crippen molar-refractivity contribution in [2.75, 3.05) is 11.5 Å². The van der Waals surface area contributed by atoms with Gasteiger partial charge in [-0.05, 0) is 13.3 Å². The second-order valence-electron chi connectivity index (χ2n) is 2.33. The molecule has 0 rings (SSSR count). The molecule has 0 aromatic rings. The zero-order chi connectivity index (χ0) is 11.8. The van der Waals surface area contributed by atoms with Gasteiger partial charge in [0.25, 0.3) is 20.2 Å². The van der Waals surface area contributed by atoms with Crippen LogP contribution in [0.25, 0.3) is 0 Å². The lowest BCUT2D eigenvalue weighted by Crippen LogP contribution is -2.10. The Bertz CT molecular complexity index is 307. The summed E-state index contributed by atoms with van der Waals surface area (Å²) in [5.74, 6) is -1.32. The molecule has 0 saturated carbocycles. The molecule has 0 amide bonds. The maximum absolute atomic E-state index is 10.00. The minimum absolute atomic E-state index is 0.308. The van der Waals surface area contributed by atoms with Crippen molar-refractivity contribution < 1.29 is 25.9 Å². The van der Waals surface area contributed by atoms with Crippen molar-refractivity contribution in [2.24, 2.45) is 0 Å². The predicted octanol–water partition coefficient (Wildman–Crippen LogP) is 0.344. The molecule has 0 aliphatic rings. The van der Waals surface area contributed by atoms with Gasteiger partial charge in [-0.15, -0.1) is 6.58 Å². The summed E-state index contributed by atoms with van der Waals surface area (Å²) in [6, 6.07) is 0. The van der Waals surface area contributed by atoms with E-state index in [1.807, 2.05) is 6.92 Å². The van der Waals surface area contributed by atoms with Crippen molar-refractivity contribution in [2.45, 2.75) is 13.3 Å². The molecule has 0 aliphatic heterocycles. The van der Waals surface area contributed by atoms with Crippen LogP contribution in [0.15, 0.2) is 12.7 Å². The monoisotopic (exact) mass is 246 g/mol. The molecule has 6 nitrogen and oxygen atoms in total. The van der Waals surface area contributed by atoms with Crippen molar-refractivity contribution in [1.29, 1.82) is 0 Å². The summed E-state index contributed by atoms with van der Waals surface area (Å²) in [5.41, 5.74) is 0. The second-order valence-corrected chi connectivity index (χ2v) is 5.48. The molecule has 0 aliphatic carbocycles. The summed E-state index contributed by atoms with van der Waals surface area (Å²) in [5, 5.41) is 0. The fraction of sp³-hybridized carbons (Fsp3) is 0.667. The Balaban J connectivity index is 0. The van der Waals surface area contributed by atoms with Crippen LogP contribution < -0.4 is 0 Å². The van der Waals surface area contributed by atoms with E-state index < -0.39 is 31.7 Å². The van der Waals surface area contributed by atoms with Crippen LogP contribution in [0.4, 0.5) is 0 Å². The molecule has 0 bridgehead atoms. The van der Waals surface area contributed by atoms with Crippen LogP contribution in [0.2, 0.25) is 0 Å². The SMILES string of the molecule is C=CC.O=S(=O)(O)CCCS(=O)(=O)O. The highest BCUT2D eigenvalue weighted by Gasteiger charge is 2.08. The summed E-state index contributed by atoms with van der Waals surface area (Å²) < 4.78 is 56.2. The van der Waals surface area contributed by atoms with Crippen molar-refractivity contribution in [1.82, 2.24) is 0 Å². The highest BCUT2D eigenvalue weighted by Crippen LogP contribution is 1.92. The Morgan fingerprint density at radius 3 is 1.43 bits per heavy atom. The zero-order valence-electron chi connectivity index (χ0n) is 7.75. The first kappa shape index (κ1) is 16.0. The van der Waals surface area contributed by atoms with Gasteiger partial charge in [0, 0.05) is 0 Å². The minimum Gasteiger partial charge on any atom is -0.286 e. The maximum Gasteiger partial charge on any atom is 0.264 e. The highest BCUT2D eigenvalue weighted by atomic mass is 32.2. The molecule has 2 N–H and O–H groups in total. The molecule has 0 saturated heterocycles. The van der Waals surface area contributed by atoms with E-state index in [2.05, 4.69) is 6.58 Å². The van der Waals surface area contributed by atoms with Crippen LogP contribution in [0, 0.1) is 0 Å². The van der Waals surface area contributed by atoms with Crippen molar-refractivity contribution in [3.8, 4) is 0 Å². The van der Waals surface area contributed by atoms with E-state index in [1.165, 1.54) is 0 Å². The van der Waals surface area contributed by atoms with Crippen molar-refractivity contribution >= 4 is 20.2 Å². The van der Waals surface area contributed by atoms with Crippen LogP contribution in [-0.4, -0.2) is 37.4 Å². The zero-order valence-corrected chi connectivity index (χ0v) is 9.38. The number of rotatable bonds is 4. The van der Waals surface area contributed by atoms with Crippen LogP contribution in [0.1, 0.15) is 13.3 Å². The molecule has 0 atom stereocenters. The average Bonchev–Trinajstić information content (AvgIpc) is 1.81. The molecule has 0 fully saturated rings. The smallest absolute Gasteiger partial charge is 0.264 e. The molecule has 86 valence electrons. The molecule has 0 radical (unpaired) electrons. The van der Waals surface area contributed by atoms with Gasteiger partial charge in [-0.2, -0.15) is 16.8 Å². The summed E-state index contributed by atoms with van der Waals surface area (Å²) in [6.07, 6.45) is 1.44. The van der Waals surface area contributed by atoms with E-state index in [0.717, 1.165) is 0 Å². The summed E-state index contributed by atoms with van der Waals surface area (Å²) in [6.45, 7) is 5.25. The molecule has 0 aromatic carbocycles. The van der Waals surface area contributed by atoms with Gasteiger partial charge in [0.05, 0.1) is 11.5 Å². The van der Waals surface area contributed by atoms with E-state index in [-0.39, 0.29) is 6.42 Å². The first-order valence-electron chi connectivity index (χ1n) is 3.59. The standard InChI is InChI=1S/C3H8O6S2.C3H6/c4-10(5,6)2-1-3-11(7,8)9;1-3-2/h1-3H2,(H,4,5,6)(H,7,8,9);3H,1H2,2H3. The Labute approximate surface area is 84.1 Å². The quantitative estimate of drug-likeness (QED) is 0.547. The molecule has 8 heteroatoms. The lowest BCUT2D eigenvalue weighted by molar-refractivity contribution is 0.477. The molecular weight excluding hydrogens is 232 g/mol. The summed E-state index contributed by atoms with van der Waals surface area (Å²) in [4.78, 5) is 0. The third kappa shape index (κ3) is 22.6. The van der Waals surface area contributed by atoms with Gasteiger partial charge in [0.15, 0.2) is 0 Å². The first-order chi connectivity index (χ1) is 6.12. The molecule has 0 heterocycles. The predicted molar refractivity (Wildman–Crippen MR) is 53.3 cm³/mol. The number of hydrogen-bond donors (Lipinski definition) is 2. The van der Waals surface area contributed by atoms with Crippen molar-refractivity contribution in [3.05, 3.63) is 12.7 Å². The minimum atomic E-state index is -4.12. The number of allylic oxidation sites excluding steroid dienone is 1. The molecule has 14 heavy (non-hydrogen) atoms. The Kier molecular flexibility index (Phi) is 7.93. The Morgan fingerprint density at radius 1 is 1.07 bits per heavy atom. The van der Waals surface area contributed by atoms with Gasteiger partial charge in [0.2, 0.25) is 0 Å². The Morgan fingerprint density at radius 2 is 1.29 bits per heavy atom. The molecule has 0 unspecified atom stereocenters. The van der Waals surface area contributed by atoms with Crippen LogP contribution >= 0.6 is 0 Å². The maximum atomic E-state index is 10.00. The fourth-order valence-corrected chi connectivity index (χ4v) is 1.62. The average molecular weight is 246 g/mol. The van der Waals surface area contributed by atoms with Gasteiger partial charge in [-0.25, -0.2) is 0 Å². The van der Waals surface area contributed by atoms with Crippen LogP contribution in [-0.2, 0) is 20.2 Å². The van der Waals surface area contributed by atoms with E-state index in [0.29, 0.717) is 0 Å². The van der Waals surface area contributed by atoms with Crippen LogP contribution in [0.5, 0.6) is 0 Å². The molecular formula is C6H14O6S2. The lowest BCUT2D eigenvalue weighted by atomic mass is 10.6. The van der Waals surface area contributed by atoms with Gasteiger partial charge in [0.1, 0.15) is 0 Å². The summed E-state index contributed by atoms with van der Waals surface area (Å²) in [7, 11) is -8.24. The van der Waals surface area contributed by atoms with Gasteiger partial charge < -0.3 is 0 Å².